The van der Waals surface area contributed by atoms with E-state index in [4.69, 9.17) is 15.6 Å². The largest absolute Gasteiger partial charge is 0.507 e. The number of carbonyl (C=O) groups is 1. The predicted molar refractivity (Wildman–Crippen MR) is 113 cm³/mol. The van der Waals surface area contributed by atoms with Crippen molar-refractivity contribution in [2.75, 3.05) is 26.3 Å². The number of fused-ring (bicyclic) bond motifs is 1. The number of piperidine rings is 1. The molecule has 8 heteroatoms. The zero-order valence-electron chi connectivity index (χ0n) is 17.3. The van der Waals surface area contributed by atoms with Crippen molar-refractivity contribution in [3.05, 3.63) is 23.3 Å². The molecule has 29 heavy (non-hydrogen) atoms. The number of benzene rings is 1. The van der Waals surface area contributed by atoms with Gasteiger partial charge in [-0.05, 0) is 68.6 Å². The number of aliphatic hydroxyl groups excluding tert-OH is 1. The van der Waals surface area contributed by atoms with Gasteiger partial charge in [-0.2, -0.15) is 0 Å². The summed E-state index contributed by atoms with van der Waals surface area (Å²) in [7, 11) is 1.88. The molecular weight excluding hydrogens is 371 g/mol. The van der Waals surface area contributed by atoms with Crippen molar-refractivity contribution >= 4 is 13.8 Å². The van der Waals surface area contributed by atoms with Crippen molar-refractivity contribution in [2.45, 2.75) is 56.4 Å². The van der Waals surface area contributed by atoms with Gasteiger partial charge in [-0.15, -0.1) is 0 Å². The first-order valence-corrected chi connectivity index (χ1v) is 10.7. The van der Waals surface area contributed by atoms with E-state index in [0.29, 0.717) is 38.8 Å². The Kier molecular flexibility index (Phi) is 7.08. The summed E-state index contributed by atoms with van der Waals surface area (Å²) in [5.74, 6) is -0.204. The highest BCUT2D eigenvalue weighted by Gasteiger charge is 2.47. The van der Waals surface area contributed by atoms with Crippen molar-refractivity contribution in [3.63, 3.8) is 0 Å². The molecule has 2 atom stereocenters. The lowest BCUT2D eigenvalue weighted by Crippen LogP contribution is -2.59. The van der Waals surface area contributed by atoms with E-state index in [-0.39, 0.29) is 24.1 Å². The van der Waals surface area contributed by atoms with Crippen LogP contribution in [0.1, 0.15) is 43.2 Å². The van der Waals surface area contributed by atoms with Crippen molar-refractivity contribution < 1.29 is 24.9 Å². The Labute approximate surface area is 173 Å². The van der Waals surface area contributed by atoms with Gasteiger partial charge >= 0.3 is 5.97 Å². The molecule has 5 N–H and O–H groups in total. The van der Waals surface area contributed by atoms with Gasteiger partial charge in [0.1, 0.15) is 24.9 Å². The minimum absolute atomic E-state index is 0.0471. The molecule has 0 radical (unpaired) electrons. The van der Waals surface area contributed by atoms with Crippen LogP contribution in [0.15, 0.2) is 12.1 Å². The smallest absolute Gasteiger partial charge is 0.323 e. The molecule has 1 fully saturated rings. The highest BCUT2D eigenvalue weighted by molar-refractivity contribution is 6.15. The number of ether oxygens (including phenoxy) is 1. The van der Waals surface area contributed by atoms with Gasteiger partial charge in [0.05, 0.1) is 12.2 Å². The maximum Gasteiger partial charge on any atom is 0.323 e. The Hall–Kier alpha value is -1.77. The van der Waals surface area contributed by atoms with Crippen molar-refractivity contribution in [2.24, 2.45) is 11.7 Å². The molecule has 1 aromatic rings. The second kappa shape index (κ2) is 9.37. The van der Waals surface area contributed by atoms with Crippen molar-refractivity contribution in [3.8, 4) is 11.5 Å². The molecule has 2 aliphatic rings. The molecule has 0 aliphatic carbocycles. The highest BCUT2D eigenvalue weighted by Crippen LogP contribution is 2.39. The van der Waals surface area contributed by atoms with Gasteiger partial charge in [0, 0.05) is 13.2 Å². The van der Waals surface area contributed by atoms with Gasteiger partial charge in [-0.1, -0.05) is 12.5 Å². The number of hydrogen-bond donors (Lipinski definition) is 4. The Morgan fingerprint density at radius 3 is 2.76 bits per heavy atom. The number of nitrogens with two attached hydrogens (primary N) is 1. The third-order valence-corrected chi connectivity index (χ3v) is 6.78. The fourth-order valence-corrected chi connectivity index (χ4v) is 4.85. The van der Waals surface area contributed by atoms with Crippen LogP contribution in [-0.2, 0) is 17.8 Å². The first-order chi connectivity index (χ1) is 13.9. The molecule has 0 bridgehead atoms. The summed E-state index contributed by atoms with van der Waals surface area (Å²) in [5, 5.41) is 29.3. The molecule has 0 saturated carbocycles. The van der Waals surface area contributed by atoms with Crippen LogP contribution in [0.25, 0.3) is 0 Å². The van der Waals surface area contributed by atoms with Crippen LogP contribution >= 0.6 is 0 Å². The molecule has 1 aromatic carbocycles. The molecule has 1 saturated heterocycles. The Balaban J connectivity index is 1.67. The van der Waals surface area contributed by atoms with Crippen LogP contribution in [0, 0.1) is 5.92 Å². The number of likely N-dealkylation sites (tertiary alicyclic amines) is 1. The number of phenols is 1. The summed E-state index contributed by atoms with van der Waals surface area (Å²) in [4.78, 5) is 14.3. The first kappa shape index (κ1) is 21.9. The van der Waals surface area contributed by atoms with Crippen LogP contribution in [0.4, 0.5) is 0 Å². The molecule has 0 amide bonds. The molecule has 2 unspecified atom stereocenters. The van der Waals surface area contributed by atoms with Crippen LogP contribution in [-0.4, -0.2) is 65.9 Å². The van der Waals surface area contributed by atoms with E-state index in [9.17, 15) is 15.0 Å². The highest BCUT2D eigenvalue weighted by atomic mass is 16.5. The number of hydrogen-bond acceptors (Lipinski definition) is 6. The summed E-state index contributed by atoms with van der Waals surface area (Å²) in [5.41, 5.74) is 7.14. The van der Waals surface area contributed by atoms with E-state index in [0.717, 1.165) is 42.8 Å². The molecule has 2 heterocycles. The molecule has 7 nitrogen and oxygen atoms in total. The van der Waals surface area contributed by atoms with Crippen molar-refractivity contribution in [1.82, 2.24) is 4.90 Å². The molecule has 0 spiro atoms. The lowest BCUT2D eigenvalue weighted by atomic mass is 9.61. The second-order valence-electron chi connectivity index (χ2n) is 8.56. The van der Waals surface area contributed by atoms with Crippen molar-refractivity contribution in [1.29, 1.82) is 0 Å². The summed E-state index contributed by atoms with van der Waals surface area (Å²) < 4.78 is 5.85. The lowest BCUT2D eigenvalue weighted by Gasteiger charge is -2.43. The summed E-state index contributed by atoms with van der Waals surface area (Å²) in [6, 6.07) is 3.68. The fourth-order valence-electron chi connectivity index (χ4n) is 4.85. The van der Waals surface area contributed by atoms with Crippen LogP contribution < -0.4 is 10.5 Å². The molecule has 3 rings (SSSR count). The minimum Gasteiger partial charge on any atom is -0.507 e. The number of carboxylic acids is 1. The van der Waals surface area contributed by atoms with Gasteiger partial charge in [-0.25, -0.2) is 0 Å². The molecule has 2 aliphatic heterocycles. The number of phenolic OH excluding ortho intramolecular Hbond substituents is 1. The normalized spacial score (nSPS) is 21.0. The molecule has 160 valence electrons. The average Bonchev–Trinajstić information content (AvgIpc) is 2.73. The van der Waals surface area contributed by atoms with E-state index >= 15 is 0 Å². The first-order valence-electron chi connectivity index (χ1n) is 10.7. The molecule has 0 aromatic heterocycles. The Bertz CT molecular complexity index is 723. The number of aliphatic carboxylic acids is 1. The van der Waals surface area contributed by atoms with E-state index < -0.39 is 11.5 Å². The summed E-state index contributed by atoms with van der Waals surface area (Å²) >= 11 is 0. The minimum atomic E-state index is -1.28. The number of carboxylic acid groups (broad SMARTS) is 1. The average molecular weight is 404 g/mol. The van der Waals surface area contributed by atoms with E-state index in [1.54, 1.807) is 6.07 Å². The maximum absolute atomic E-state index is 12.1. The van der Waals surface area contributed by atoms with Crippen LogP contribution in [0.2, 0.25) is 5.82 Å². The van der Waals surface area contributed by atoms with Gasteiger partial charge in [0.15, 0.2) is 0 Å². The number of rotatable bonds is 8. The zero-order chi connectivity index (χ0) is 21.0. The SMILES string of the molecule is BC(CCCO)C(N)(C(=O)O)C1CCN(Cc2c(O)ccc3c2OCCC3)CC1. The van der Waals surface area contributed by atoms with E-state index in [2.05, 4.69) is 4.90 Å². The second-order valence-corrected chi connectivity index (χ2v) is 8.56. The van der Waals surface area contributed by atoms with Crippen LogP contribution in [0.3, 0.4) is 0 Å². The number of aryl methyl sites for hydroxylation is 1. The lowest BCUT2D eigenvalue weighted by molar-refractivity contribution is -0.147. The zero-order valence-corrected chi connectivity index (χ0v) is 17.3. The van der Waals surface area contributed by atoms with Gasteiger partial charge in [0.25, 0.3) is 0 Å². The van der Waals surface area contributed by atoms with Crippen LogP contribution in [0.5, 0.6) is 11.5 Å². The number of aromatic hydroxyl groups is 1. The van der Waals surface area contributed by atoms with Gasteiger partial charge in [0.2, 0.25) is 0 Å². The number of nitrogens with zero attached hydrogens (tertiary/aromatic N) is 1. The van der Waals surface area contributed by atoms with E-state index in [1.165, 1.54) is 0 Å². The van der Waals surface area contributed by atoms with Gasteiger partial charge in [-0.3, -0.25) is 9.69 Å². The topological polar surface area (TPSA) is 116 Å². The quantitative estimate of drug-likeness (QED) is 0.476. The maximum atomic E-state index is 12.1. The fraction of sp³-hybridized carbons (Fsp3) is 0.667. The number of aliphatic hydroxyl groups is 1. The summed E-state index contributed by atoms with van der Waals surface area (Å²) in [6.45, 7) is 2.77. The van der Waals surface area contributed by atoms with Gasteiger partial charge < -0.3 is 25.8 Å². The Morgan fingerprint density at radius 2 is 2.10 bits per heavy atom. The Morgan fingerprint density at radius 1 is 1.38 bits per heavy atom. The van der Waals surface area contributed by atoms with E-state index in [1.807, 2.05) is 13.9 Å². The third-order valence-electron chi connectivity index (χ3n) is 6.78. The standard InChI is InChI=1S/C21H33BN2O5/c22-18(4-1-11-25)21(23,20(27)28)15-7-9-24(10-8-15)13-16-17(26)6-5-14-3-2-12-29-19(14)16/h5-6,15,18,25-26H,1-4,7-13,22-23H2,(H,27,28). The summed E-state index contributed by atoms with van der Waals surface area (Å²) in [6.07, 6.45) is 4.51. The monoisotopic (exact) mass is 404 g/mol. The predicted octanol–water partition coefficient (Wildman–Crippen LogP) is 0.905. The third kappa shape index (κ3) is 4.54. The molecular formula is C21H33BN2O5.